The van der Waals surface area contributed by atoms with Gasteiger partial charge in [0.25, 0.3) is 0 Å². The smallest absolute Gasteiger partial charge is 0.324 e. The molecular weight excluding hydrogens is 282 g/mol. The maximum absolute atomic E-state index is 12.6. The van der Waals surface area contributed by atoms with Gasteiger partial charge in [-0.15, -0.1) is 0 Å². The van der Waals surface area contributed by atoms with Gasteiger partial charge in [0.1, 0.15) is 11.8 Å². The molecule has 0 saturated carbocycles. The summed E-state index contributed by atoms with van der Waals surface area (Å²) in [5.41, 5.74) is 0. The first kappa shape index (κ1) is 14.8. The van der Waals surface area contributed by atoms with E-state index in [-0.39, 0.29) is 4.90 Å². The molecule has 6 nitrogen and oxygen atoms in total. The van der Waals surface area contributed by atoms with Gasteiger partial charge in [0.15, 0.2) is 0 Å². The second-order valence-corrected chi connectivity index (χ2v) is 6.37. The molecule has 1 aromatic rings. The van der Waals surface area contributed by atoms with Gasteiger partial charge in [-0.1, -0.05) is 6.07 Å². The average molecular weight is 299 g/mol. The summed E-state index contributed by atoms with van der Waals surface area (Å²) in [5.74, 6) is -0.0612. The third-order valence-electron chi connectivity index (χ3n) is 3.32. The zero-order chi connectivity index (χ0) is 14.8. The van der Waals surface area contributed by atoms with Crippen molar-refractivity contribution in [3.05, 3.63) is 24.3 Å². The SMILES string of the molecule is COC(=O)C1CCCN1S(=O)(=O)c1cccc(OC)c1. The van der Waals surface area contributed by atoms with Crippen LogP contribution in [0.15, 0.2) is 29.2 Å². The Morgan fingerprint density at radius 1 is 1.35 bits per heavy atom. The molecule has 1 aliphatic heterocycles. The first-order chi connectivity index (χ1) is 9.50. The molecule has 0 radical (unpaired) electrons. The summed E-state index contributed by atoms with van der Waals surface area (Å²) in [6.45, 7) is 0.319. The minimum Gasteiger partial charge on any atom is -0.497 e. The van der Waals surface area contributed by atoms with E-state index in [2.05, 4.69) is 4.74 Å². The third kappa shape index (κ3) is 2.64. The summed E-state index contributed by atoms with van der Waals surface area (Å²) in [6, 6.07) is 5.47. The number of carbonyl (C=O) groups excluding carboxylic acids is 1. The topological polar surface area (TPSA) is 72.9 Å². The van der Waals surface area contributed by atoms with Crippen LogP contribution >= 0.6 is 0 Å². The second kappa shape index (κ2) is 5.80. The Morgan fingerprint density at radius 2 is 2.10 bits per heavy atom. The molecule has 20 heavy (non-hydrogen) atoms. The van der Waals surface area contributed by atoms with Crippen LogP contribution in [0, 0.1) is 0 Å². The van der Waals surface area contributed by atoms with Crippen LogP contribution in [0.3, 0.4) is 0 Å². The Balaban J connectivity index is 2.36. The van der Waals surface area contributed by atoms with Crippen LogP contribution in [0.2, 0.25) is 0 Å². The largest absolute Gasteiger partial charge is 0.497 e. The molecule has 1 saturated heterocycles. The van der Waals surface area contributed by atoms with Crippen LogP contribution in [0.4, 0.5) is 0 Å². The highest BCUT2D eigenvalue weighted by molar-refractivity contribution is 7.89. The van der Waals surface area contributed by atoms with Crippen LogP contribution < -0.4 is 4.74 Å². The van der Waals surface area contributed by atoms with Gasteiger partial charge < -0.3 is 9.47 Å². The number of methoxy groups -OCH3 is 2. The highest BCUT2D eigenvalue weighted by Gasteiger charge is 2.40. The monoisotopic (exact) mass is 299 g/mol. The van der Waals surface area contributed by atoms with E-state index in [4.69, 9.17) is 4.74 Å². The molecule has 7 heteroatoms. The Morgan fingerprint density at radius 3 is 2.75 bits per heavy atom. The molecule has 1 aromatic carbocycles. The molecular formula is C13H17NO5S. The lowest BCUT2D eigenvalue weighted by atomic mass is 10.2. The predicted molar refractivity (Wildman–Crippen MR) is 71.9 cm³/mol. The van der Waals surface area contributed by atoms with Crippen molar-refractivity contribution in [2.24, 2.45) is 0 Å². The first-order valence-corrected chi connectivity index (χ1v) is 7.68. The number of carbonyl (C=O) groups is 1. The van der Waals surface area contributed by atoms with Gasteiger partial charge in [0, 0.05) is 12.6 Å². The first-order valence-electron chi connectivity index (χ1n) is 6.24. The zero-order valence-electron chi connectivity index (χ0n) is 11.4. The fourth-order valence-electron chi connectivity index (χ4n) is 2.30. The van der Waals surface area contributed by atoms with Crippen molar-refractivity contribution in [1.82, 2.24) is 4.31 Å². The summed E-state index contributed by atoms with van der Waals surface area (Å²) in [4.78, 5) is 11.8. The van der Waals surface area contributed by atoms with E-state index in [0.29, 0.717) is 25.1 Å². The minimum atomic E-state index is -3.72. The van der Waals surface area contributed by atoms with E-state index in [9.17, 15) is 13.2 Å². The predicted octanol–water partition coefficient (Wildman–Crippen LogP) is 1.02. The van der Waals surface area contributed by atoms with Crippen molar-refractivity contribution >= 4 is 16.0 Å². The molecule has 0 spiro atoms. The lowest BCUT2D eigenvalue weighted by Gasteiger charge is -2.22. The van der Waals surface area contributed by atoms with Crippen molar-refractivity contribution in [2.45, 2.75) is 23.8 Å². The Hall–Kier alpha value is -1.60. The number of rotatable bonds is 4. The third-order valence-corrected chi connectivity index (χ3v) is 5.23. The van der Waals surface area contributed by atoms with Gasteiger partial charge in [0.2, 0.25) is 10.0 Å². The standard InChI is InChI=1S/C13H17NO5S/c1-18-10-5-3-6-11(9-10)20(16,17)14-8-4-7-12(14)13(15)19-2/h3,5-6,9,12H,4,7-8H2,1-2H3. The van der Waals surface area contributed by atoms with E-state index in [1.54, 1.807) is 12.1 Å². The number of ether oxygens (including phenoxy) is 2. The van der Waals surface area contributed by atoms with Crippen molar-refractivity contribution in [3.63, 3.8) is 0 Å². The summed E-state index contributed by atoms with van der Waals surface area (Å²) in [7, 11) is -0.991. The lowest BCUT2D eigenvalue weighted by Crippen LogP contribution is -2.41. The quantitative estimate of drug-likeness (QED) is 0.776. The van der Waals surface area contributed by atoms with Crippen molar-refractivity contribution in [3.8, 4) is 5.75 Å². The van der Waals surface area contributed by atoms with Crippen molar-refractivity contribution < 1.29 is 22.7 Å². The van der Waals surface area contributed by atoms with E-state index in [0.717, 1.165) is 0 Å². The molecule has 1 fully saturated rings. The van der Waals surface area contributed by atoms with E-state index in [1.165, 1.54) is 30.7 Å². The maximum atomic E-state index is 12.6. The van der Waals surface area contributed by atoms with Crippen LogP contribution in [0.1, 0.15) is 12.8 Å². The number of sulfonamides is 1. The zero-order valence-corrected chi connectivity index (χ0v) is 12.2. The van der Waals surface area contributed by atoms with Gasteiger partial charge in [-0.3, -0.25) is 4.79 Å². The molecule has 1 unspecified atom stereocenters. The Labute approximate surface area is 118 Å². The molecule has 0 bridgehead atoms. The van der Waals surface area contributed by atoms with Crippen LogP contribution in [-0.4, -0.2) is 45.5 Å². The number of esters is 1. The van der Waals surface area contributed by atoms with Crippen LogP contribution in [0.25, 0.3) is 0 Å². The van der Waals surface area contributed by atoms with Gasteiger partial charge >= 0.3 is 5.97 Å². The number of benzene rings is 1. The summed E-state index contributed by atoms with van der Waals surface area (Å²) in [5, 5.41) is 0. The highest BCUT2D eigenvalue weighted by atomic mass is 32.2. The van der Waals surface area contributed by atoms with Gasteiger partial charge in [-0.25, -0.2) is 8.42 Å². The lowest BCUT2D eigenvalue weighted by molar-refractivity contribution is -0.144. The molecule has 110 valence electrons. The number of hydrogen-bond donors (Lipinski definition) is 0. The summed E-state index contributed by atoms with van der Waals surface area (Å²) >= 11 is 0. The normalized spacial score (nSPS) is 19.8. The average Bonchev–Trinajstić information content (AvgIpc) is 2.96. The Kier molecular flexibility index (Phi) is 4.29. The molecule has 1 heterocycles. The molecule has 0 aromatic heterocycles. The molecule has 0 aliphatic carbocycles. The fourth-order valence-corrected chi connectivity index (χ4v) is 3.98. The molecule has 0 N–H and O–H groups in total. The number of nitrogens with zero attached hydrogens (tertiary/aromatic N) is 1. The Bertz CT molecular complexity index is 599. The van der Waals surface area contributed by atoms with Gasteiger partial charge in [-0.05, 0) is 25.0 Å². The van der Waals surface area contributed by atoms with E-state index >= 15 is 0 Å². The number of hydrogen-bond acceptors (Lipinski definition) is 5. The van der Waals surface area contributed by atoms with Crippen LogP contribution in [-0.2, 0) is 19.6 Å². The van der Waals surface area contributed by atoms with Gasteiger partial charge in [-0.2, -0.15) is 4.31 Å². The van der Waals surface area contributed by atoms with E-state index in [1.807, 2.05) is 0 Å². The van der Waals surface area contributed by atoms with Crippen molar-refractivity contribution in [1.29, 1.82) is 0 Å². The minimum absolute atomic E-state index is 0.118. The highest BCUT2D eigenvalue weighted by Crippen LogP contribution is 2.28. The maximum Gasteiger partial charge on any atom is 0.324 e. The summed E-state index contributed by atoms with van der Waals surface area (Å²) in [6.07, 6.45) is 1.12. The van der Waals surface area contributed by atoms with E-state index < -0.39 is 22.0 Å². The fraction of sp³-hybridized carbons (Fsp3) is 0.462. The molecule has 0 amide bonds. The van der Waals surface area contributed by atoms with Crippen molar-refractivity contribution in [2.75, 3.05) is 20.8 Å². The van der Waals surface area contributed by atoms with Crippen LogP contribution in [0.5, 0.6) is 5.75 Å². The summed E-state index contributed by atoms with van der Waals surface area (Å²) < 4.78 is 36.1. The second-order valence-electron chi connectivity index (χ2n) is 4.48. The molecule has 2 rings (SSSR count). The molecule has 1 atom stereocenters. The molecule has 1 aliphatic rings. The van der Waals surface area contributed by atoms with Gasteiger partial charge in [0.05, 0.1) is 19.1 Å².